The topological polar surface area (TPSA) is 81.7 Å². The van der Waals surface area contributed by atoms with Crippen molar-refractivity contribution in [2.75, 3.05) is 19.0 Å². The van der Waals surface area contributed by atoms with Crippen LogP contribution in [0.4, 0.5) is 5.00 Å². The minimum Gasteiger partial charge on any atom is -0.495 e. The summed E-state index contributed by atoms with van der Waals surface area (Å²) in [4.78, 5) is 37.0. The maximum absolute atomic E-state index is 12.3. The van der Waals surface area contributed by atoms with Crippen LogP contribution in [0.15, 0.2) is 24.3 Å². The van der Waals surface area contributed by atoms with E-state index in [1.807, 2.05) is 0 Å². The molecule has 6 nitrogen and oxygen atoms in total. The van der Waals surface area contributed by atoms with Gasteiger partial charge in [0.05, 0.1) is 17.1 Å². The standard InChI is InChI=1S/C20H22ClNO5S/c1-11-8-16(22-19(25)20(2,3)4)28-17(11)18(24)27-10-14(23)12-6-7-15(26-5)13(21)9-12/h6-9H,10H2,1-5H3,(H,22,25). The molecule has 0 fully saturated rings. The van der Waals surface area contributed by atoms with Gasteiger partial charge in [-0.25, -0.2) is 4.79 Å². The average Bonchev–Trinajstić information content (AvgIpc) is 2.98. The number of anilines is 1. The number of esters is 1. The second-order valence-corrected chi connectivity index (χ2v) is 8.63. The maximum Gasteiger partial charge on any atom is 0.349 e. The summed E-state index contributed by atoms with van der Waals surface area (Å²) in [6.07, 6.45) is 0. The molecule has 2 aromatic rings. The Bertz CT molecular complexity index is 914. The minimum atomic E-state index is -0.619. The first-order valence-electron chi connectivity index (χ1n) is 8.48. The van der Waals surface area contributed by atoms with E-state index < -0.39 is 18.0 Å². The van der Waals surface area contributed by atoms with Gasteiger partial charge in [-0.05, 0) is 36.8 Å². The van der Waals surface area contributed by atoms with Crippen LogP contribution < -0.4 is 10.1 Å². The Hall–Kier alpha value is -2.38. The van der Waals surface area contributed by atoms with Crippen molar-refractivity contribution in [1.29, 1.82) is 0 Å². The van der Waals surface area contributed by atoms with Crippen molar-refractivity contribution >= 4 is 45.6 Å². The van der Waals surface area contributed by atoms with Crippen LogP contribution in [0.1, 0.15) is 46.4 Å². The van der Waals surface area contributed by atoms with Crippen LogP contribution in [0.3, 0.4) is 0 Å². The molecular weight excluding hydrogens is 402 g/mol. The van der Waals surface area contributed by atoms with Crippen molar-refractivity contribution in [3.05, 3.63) is 45.3 Å². The number of benzene rings is 1. The van der Waals surface area contributed by atoms with Crippen molar-refractivity contribution in [1.82, 2.24) is 0 Å². The molecule has 0 bridgehead atoms. The molecule has 1 amide bonds. The summed E-state index contributed by atoms with van der Waals surface area (Å²) in [5.74, 6) is -0.699. The number of carbonyl (C=O) groups excluding carboxylic acids is 3. The Kier molecular flexibility index (Phi) is 6.85. The highest BCUT2D eigenvalue weighted by molar-refractivity contribution is 7.18. The summed E-state index contributed by atoms with van der Waals surface area (Å²) in [5.41, 5.74) is 0.434. The van der Waals surface area contributed by atoms with Crippen LogP contribution in [-0.2, 0) is 9.53 Å². The summed E-state index contributed by atoms with van der Waals surface area (Å²) in [5, 5.41) is 3.64. The van der Waals surface area contributed by atoms with Crippen molar-refractivity contribution < 1.29 is 23.9 Å². The zero-order chi connectivity index (χ0) is 21.1. The lowest BCUT2D eigenvalue weighted by atomic mass is 9.96. The second kappa shape index (κ2) is 8.75. The fraction of sp³-hybridized carbons (Fsp3) is 0.350. The van der Waals surface area contributed by atoms with E-state index >= 15 is 0 Å². The summed E-state index contributed by atoms with van der Waals surface area (Å²) in [6.45, 7) is 6.73. The third-order valence-corrected chi connectivity index (χ3v) is 5.26. The van der Waals surface area contributed by atoms with Crippen molar-refractivity contribution in [3.8, 4) is 5.75 Å². The van der Waals surface area contributed by atoms with E-state index in [9.17, 15) is 14.4 Å². The van der Waals surface area contributed by atoms with Gasteiger partial charge in [-0.15, -0.1) is 11.3 Å². The minimum absolute atomic E-state index is 0.153. The highest BCUT2D eigenvalue weighted by Crippen LogP contribution is 2.29. The summed E-state index contributed by atoms with van der Waals surface area (Å²) in [7, 11) is 1.48. The molecule has 1 aromatic carbocycles. The molecule has 1 heterocycles. The number of Topliss-reactive ketones (excluding diaryl/α,β-unsaturated/α-hetero) is 1. The number of hydrogen-bond donors (Lipinski definition) is 1. The molecule has 0 aliphatic heterocycles. The van der Waals surface area contributed by atoms with Crippen LogP contribution >= 0.6 is 22.9 Å². The molecule has 0 radical (unpaired) electrons. The maximum atomic E-state index is 12.3. The van der Waals surface area contributed by atoms with Crippen LogP contribution in [0.2, 0.25) is 5.02 Å². The van der Waals surface area contributed by atoms with Gasteiger partial charge in [0.25, 0.3) is 0 Å². The number of amides is 1. The Labute approximate surface area is 172 Å². The Morgan fingerprint density at radius 2 is 1.86 bits per heavy atom. The van der Waals surface area contributed by atoms with Crippen molar-refractivity contribution in [2.45, 2.75) is 27.7 Å². The second-order valence-electron chi connectivity index (χ2n) is 7.18. The third-order valence-electron chi connectivity index (χ3n) is 3.83. The molecule has 0 saturated heterocycles. The zero-order valence-electron chi connectivity index (χ0n) is 16.3. The molecule has 0 unspecified atom stereocenters. The van der Waals surface area contributed by atoms with Gasteiger partial charge in [-0.1, -0.05) is 32.4 Å². The normalized spacial score (nSPS) is 11.1. The number of ketones is 1. The van der Waals surface area contributed by atoms with Gasteiger partial charge in [0, 0.05) is 11.0 Å². The van der Waals surface area contributed by atoms with Crippen LogP contribution in [0.5, 0.6) is 5.75 Å². The number of ether oxygens (including phenoxy) is 2. The van der Waals surface area contributed by atoms with E-state index in [0.717, 1.165) is 11.3 Å². The summed E-state index contributed by atoms with van der Waals surface area (Å²) >= 11 is 7.12. The Balaban J connectivity index is 2.02. The molecule has 8 heteroatoms. The lowest BCUT2D eigenvalue weighted by molar-refractivity contribution is -0.123. The largest absolute Gasteiger partial charge is 0.495 e. The molecule has 1 aromatic heterocycles. The predicted octanol–water partition coefficient (Wildman–Crippen LogP) is 4.74. The highest BCUT2D eigenvalue weighted by atomic mass is 35.5. The molecule has 28 heavy (non-hydrogen) atoms. The SMILES string of the molecule is COc1ccc(C(=O)COC(=O)c2sc(NC(=O)C(C)(C)C)cc2C)cc1Cl. The monoisotopic (exact) mass is 423 g/mol. The number of carbonyl (C=O) groups is 3. The van der Waals surface area contributed by atoms with Gasteiger partial charge in [0.2, 0.25) is 5.91 Å². The van der Waals surface area contributed by atoms with Crippen molar-refractivity contribution in [2.24, 2.45) is 5.41 Å². The number of hydrogen-bond acceptors (Lipinski definition) is 6. The van der Waals surface area contributed by atoms with E-state index in [1.165, 1.54) is 13.2 Å². The lowest BCUT2D eigenvalue weighted by Gasteiger charge is -2.16. The van der Waals surface area contributed by atoms with Gasteiger partial charge < -0.3 is 14.8 Å². The van der Waals surface area contributed by atoms with Gasteiger partial charge in [-0.2, -0.15) is 0 Å². The molecule has 150 valence electrons. The van der Waals surface area contributed by atoms with E-state index in [-0.39, 0.29) is 11.7 Å². The van der Waals surface area contributed by atoms with E-state index in [2.05, 4.69) is 5.32 Å². The molecule has 0 atom stereocenters. The van der Waals surface area contributed by atoms with Crippen LogP contribution in [0.25, 0.3) is 0 Å². The molecule has 0 aliphatic carbocycles. The summed E-state index contributed by atoms with van der Waals surface area (Å²) in [6, 6.07) is 6.30. The quantitative estimate of drug-likeness (QED) is 0.536. The zero-order valence-corrected chi connectivity index (χ0v) is 17.9. The first-order chi connectivity index (χ1) is 13.0. The number of rotatable bonds is 6. The first kappa shape index (κ1) is 21.9. The van der Waals surface area contributed by atoms with E-state index in [4.69, 9.17) is 21.1 Å². The molecule has 0 spiro atoms. The Morgan fingerprint density at radius 1 is 1.18 bits per heavy atom. The van der Waals surface area contributed by atoms with Crippen molar-refractivity contribution in [3.63, 3.8) is 0 Å². The summed E-state index contributed by atoms with van der Waals surface area (Å²) < 4.78 is 10.2. The molecular formula is C20H22ClNO5S. The van der Waals surface area contributed by atoms with Gasteiger partial charge in [-0.3, -0.25) is 9.59 Å². The molecule has 0 aliphatic rings. The van der Waals surface area contributed by atoms with Gasteiger partial charge in [0.15, 0.2) is 12.4 Å². The van der Waals surface area contributed by atoms with Gasteiger partial charge >= 0.3 is 5.97 Å². The van der Waals surface area contributed by atoms with Gasteiger partial charge in [0.1, 0.15) is 10.6 Å². The number of halogens is 1. The number of thiophene rings is 1. The predicted molar refractivity (Wildman–Crippen MR) is 110 cm³/mol. The molecule has 2 rings (SSSR count). The third kappa shape index (κ3) is 5.33. The fourth-order valence-electron chi connectivity index (χ4n) is 2.17. The Morgan fingerprint density at radius 3 is 2.43 bits per heavy atom. The van der Waals surface area contributed by atoms with Crippen LogP contribution in [-0.4, -0.2) is 31.4 Å². The highest BCUT2D eigenvalue weighted by Gasteiger charge is 2.23. The molecule has 0 saturated carbocycles. The first-order valence-corrected chi connectivity index (χ1v) is 9.68. The smallest absolute Gasteiger partial charge is 0.349 e. The molecule has 1 N–H and O–H groups in total. The van der Waals surface area contributed by atoms with E-state index in [1.54, 1.807) is 45.9 Å². The lowest BCUT2D eigenvalue weighted by Crippen LogP contribution is -2.27. The average molecular weight is 424 g/mol. The fourth-order valence-corrected chi connectivity index (χ4v) is 3.38. The number of aryl methyl sites for hydroxylation is 1. The number of nitrogens with one attached hydrogen (secondary N) is 1. The van der Waals surface area contributed by atoms with Crippen LogP contribution in [0, 0.1) is 12.3 Å². The number of methoxy groups -OCH3 is 1. The van der Waals surface area contributed by atoms with E-state index in [0.29, 0.717) is 31.8 Å².